The maximum atomic E-state index is 12.2. The number of halogens is 1. The van der Waals surface area contributed by atoms with E-state index in [4.69, 9.17) is 16.3 Å². The number of nitrogens with one attached hydrogen (secondary N) is 1. The van der Waals surface area contributed by atoms with E-state index in [-0.39, 0.29) is 16.6 Å². The van der Waals surface area contributed by atoms with Crippen LogP contribution in [0.1, 0.15) is 21.6 Å². The number of aromatic nitrogens is 2. The van der Waals surface area contributed by atoms with Crippen molar-refractivity contribution in [2.75, 3.05) is 19.9 Å². The fraction of sp³-hybridized carbons (Fsp3) is 0.312. The van der Waals surface area contributed by atoms with Gasteiger partial charge in [-0.1, -0.05) is 41.1 Å². The van der Waals surface area contributed by atoms with Gasteiger partial charge < -0.3 is 10.1 Å². The van der Waals surface area contributed by atoms with Crippen LogP contribution in [0.2, 0.25) is 5.02 Å². The van der Waals surface area contributed by atoms with Crippen LogP contribution in [0.25, 0.3) is 0 Å². The van der Waals surface area contributed by atoms with Crippen LogP contribution >= 0.6 is 23.4 Å². The molecule has 23 heavy (non-hydrogen) atoms. The zero-order valence-corrected chi connectivity index (χ0v) is 14.8. The summed E-state index contributed by atoms with van der Waals surface area (Å²) in [5.74, 6) is 0.508. The summed E-state index contributed by atoms with van der Waals surface area (Å²) in [6.07, 6.45) is 3.95. The Balaban J connectivity index is 2.01. The Morgan fingerprint density at radius 1 is 1.43 bits per heavy atom. The van der Waals surface area contributed by atoms with Crippen LogP contribution in [0, 0.1) is 6.92 Å². The molecule has 1 aromatic heterocycles. The molecule has 7 heteroatoms. The normalized spacial score (nSPS) is 10.4. The van der Waals surface area contributed by atoms with Crippen LogP contribution in [0.4, 0.5) is 0 Å². The molecule has 0 aliphatic carbocycles. The van der Waals surface area contributed by atoms with E-state index in [9.17, 15) is 4.79 Å². The number of nitrogens with zero attached hydrogens (tertiary/aromatic N) is 2. The summed E-state index contributed by atoms with van der Waals surface area (Å²) < 4.78 is 5.33. The third-order valence-electron chi connectivity index (χ3n) is 3.24. The second-order valence-electron chi connectivity index (χ2n) is 4.87. The third-order valence-corrected chi connectivity index (χ3v) is 4.07. The molecule has 0 saturated carbocycles. The molecule has 0 radical (unpaired) electrons. The molecular weight excluding hydrogens is 334 g/mol. The summed E-state index contributed by atoms with van der Waals surface area (Å²) >= 11 is 7.36. The fourth-order valence-electron chi connectivity index (χ4n) is 2.11. The van der Waals surface area contributed by atoms with Crippen LogP contribution < -0.4 is 10.1 Å². The number of hydrogen-bond acceptors (Lipinski definition) is 5. The van der Waals surface area contributed by atoms with Crippen molar-refractivity contribution in [3.05, 3.63) is 46.2 Å². The van der Waals surface area contributed by atoms with Crippen molar-refractivity contribution in [3.63, 3.8) is 0 Å². The molecule has 2 rings (SSSR count). The Kier molecular flexibility index (Phi) is 6.24. The van der Waals surface area contributed by atoms with Gasteiger partial charge in [-0.25, -0.2) is 9.97 Å². The Hall–Kier alpha value is -1.79. The lowest BCUT2D eigenvalue weighted by atomic mass is 10.1. The lowest BCUT2D eigenvalue weighted by molar-refractivity contribution is 0.0948. The van der Waals surface area contributed by atoms with E-state index in [1.807, 2.05) is 25.3 Å². The quantitative estimate of drug-likeness (QED) is 0.639. The van der Waals surface area contributed by atoms with Gasteiger partial charge in [-0.15, -0.1) is 0 Å². The number of thioether (sulfide) groups is 1. The minimum absolute atomic E-state index is 0.197. The van der Waals surface area contributed by atoms with Crippen molar-refractivity contribution in [1.29, 1.82) is 0 Å². The first kappa shape index (κ1) is 17.6. The summed E-state index contributed by atoms with van der Waals surface area (Å²) in [6.45, 7) is 2.49. The summed E-state index contributed by atoms with van der Waals surface area (Å²) in [5, 5.41) is 3.59. The molecule has 1 N–H and O–H groups in total. The first-order valence-corrected chi connectivity index (χ1v) is 8.63. The predicted octanol–water partition coefficient (Wildman–Crippen LogP) is 3.14. The van der Waals surface area contributed by atoms with Crippen molar-refractivity contribution in [2.45, 2.75) is 18.5 Å². The van der Waals surface area contributed by atoms with Gasteiger partial charge in [0.15, 0.2) is 10.9 Å². The van der Waals surface area contributed by atoms with Gasteiger partial charge in [0.1, 0.15) is 5.75 Å². The molecule has 0 spiro atoms. The number of rotatable bonds is 6. The van der Waals surface area contributed by atoms with Gasteiger partial charge in [-0.2, -0.15) is 0 Å². The molecular formula is C16H18ClN3O2S. The molecule has 1 heterocycles. The standard InChI is InChI=1S/C16H18ClN3O2S/c1-10-4-5-13(22-2)11(8-10)6-7-18-15(21)14-12(17)9-19-16(20-14)23-3/h4-5,8-9H,6-7H2,1-3H3,(H,18,21). The summed E-state index contributed by atoms with van der Waals surface area (Å²) in [5.41, 5.74) is 2.39. The van der Waals surface area contributed by atoms with E-state index in [1.165, 1.54) is 18.0 Å². The van der Waals surface area contributed by atoms with Crippen molar-refractivity contribution < 1.29 is 9.53 Å². The van der Waals surface area contributed by atoms with E-state index < -0.39 is 0 Å². The largest absolute Gasteiger partial charge is 0.496 e. The average molecular weight is 352 g/mol. The number of hydrogen-bond donors (Lipinski definition) is 1. The molecule has 0 aliphatic rings. The van der Waals surface area contributed by atoms with E-state index in [1.54, 1.807) is 7.11 Å². The van der Waals surface area contributed by atoms with E-state index >= 15 is 0 Å². The maximum Gasteiger partial charge on any atom is 0.271 e. The van der Waals surface area contributed by atoms with Crippen molar-refractivity contribution in [3.8, 4) is 5.75 Å². The van der Waals surface area contributed by atoms with Gasteiger partial charge in [-0.05, 0) is 31.2 Å². The number of aryl methyl sites for hydroxylation is 1. The van der Waals surface area contributed by atoms with E-state index in [0.717, 1.165) is 16.9 Å². The maximum absolute atomic E-state index is 12.2. The molecule has 0 fully saturated rings. The molecule has 0 aliphatic heterocycles. The molecule has 1 amide bonds. The molecule has 0 saturated heterocycles. The van der Waals surface area contributed by atoms with Gasteiger partial charge in [0.05, 0.1) is 18.3 Å². The highest BCUT2D eigenvalue weighted by molar-refractivity contribution is 7.98. The number of methoxy groups -OCH3 is 1. The zero-order chi connectivity index (χ0) is 16.8. The molecule has 122 valence electrons. The highest BCUT2D eigenvalue weighted by Gasteiger charge is 2.14. The van der Waals surface area contributed by atoms with Crippen LogP contribution in [-0.2, 0) is 6.42 Å². The SMILES string of the molecule is COc1ccc(C)cc1CCNC(=O)c1nc(SC)ncc1Cl. The lowest BCUT2D eigenvalue weighted by Gasteiger charge is -2.10. The molecule has 0 atom stereocenters. The predicted molar refractivity (Wildman–Crippen MR) is 92.6 cm³/mol. The fourth-order valence-corrected chi connectivity index (χ4v) is 2.62. The van der Waals surface area contributed by atoms with Gasteiger partial charge >= 0.3 is 0 Å². The van der Waals surface area contributed by atoms with Crippen LogP contribution in [0.5, 0.6) is 5.75 Å². The second kappa shape index (κ2) is 8.17. The Labute approximate surface area is 144 Å². The van der Waals surface area contributed by atoms with Crippen molar-refractivity contribution in [2.24, 2.45) is 0 Å². The minimum Gasteiger partial charge on any atom is -0.496 e. The molecule has 0 unspecified atom stereocenters. The highest BCUT2D eigenvalue weighted by atomic mass is 35.5. The third kappa shape index (κ3) is 4.59. The van der Waals surface area contributed by atoms with E-state index in [0.29, 0.717) is 18.1 Å². The molecule has 0 bridgehead atoms. The van der Waals surface area contributed by atoms with Gasteiger partial charge in [0.2, 0.25) is 0 Å². The van der Waals surface area contributed by atoms with Gasteiger partial charge in [-0.3, -0.25) is 4.79 Å². The average Bonchev–Trinajstić information content (AvgIpc) is 2.55. The minimum atomic E-state index is -0.306. The van der Waals surface area contributed by atoms with E-state index in [2.05, 4.69) is 21.4 Å². The Morgan fingerprint density at radius 3 is 2.91 bits per heavy atom. The van der Waals surface area contributed by atoms with Crippen molar-refractivity contribution >= 4 is 29.3 Å². The zero-order valence-electron chi connectivity index (χ0n) is 13.2. The van der Waals surface area contributed by atoms with Gasteiger partial charge in [0.25, 0.3) is 5.91 Å². The first-order chi connectivity index (χ1) is 11.0. The number of carbonyl (C=O) groups excluding carboxylic acids is 1. The second-order valence-corrected chi connectivity index (χ2v) is 6.06. The first-order valence-electron chi connectivity index (χ1n) is 7.03. The monoisotopic (exact) mass is 351 g/mol. The smallest absolute Gasteiger partial charge is 0.271 e. The summed E-state index contributed by atoms with van der Waals surface area (Å²) in [7, 11) is 1.64. The van der Waals surface area contributed by atoms with Crippen molar-refractivity contribution in [1.82, 2.24) is 15.3 Å². The molecule has 5 nitrogen and oxygen atoms in total. The lowest BCUT2D eigenvalue weighted by Crippen LogP contribution is -2.27. The molecule has 1 aromatic carbocycles. The number of amides is 1. The van der Waals surface area contributed by atoms with Gasteiger partial charge in [0, 0.05) is 6.54 Å². The van der Waals surface area contributed by atoms with Crippen LogP contribution in [-0.4, -0.2) is 35.8 Å². The highest BCUT2D eigenvalue weighted by Crippen LogP contribution is 2.20. The van der Waals surface area contributed by atoms with Crippen LogP contribution in [0.15, 0.2) is 29.6 Å². The summed E-state index contributed by atoms with van der Waals surface area (Å²) in [6, 6.07) is 5.97. The van der Waals surface area contributed by atoms with Crippen LogP contribution in [0.3, 0.4) is 0 Å². The molecule has 2 aromatic rings. The Bertz CT molecular complexity index is 710. The summed E-state index contributed by atoms with van der Waals surface area (Å²) in [4.78, 5) is 20.4. The Morgan fingerprint density at radius 2 is 2.22 bits per heavy atom. The number of ether oxygens (including phenoxy) is 1. The topological polar surface area (TPSA) is 64.1 Å². The number of carbonyl (C=O) groups is 1. The number of benzene rings is 1.